The molecule has 0 amide bonds. The predicted molar refractivity (Wildman–Crippen MR) is 130 cm³/mol. The lowest BCUT2D eigenvalue weighted by Gasteiger charge is -2.39. The summed E-state index contributed by atoms with van der Waals surface area (Å²) in [6, 6.07) is 14.3. The molecule has 0 radical (unpaired) electrons. The zero-order valence-corrected chi connectivity index (χ0v) is 19.9. The number of ether oxygens (including phenoxy) is 2. The Morgan fingerprint density at radius 2 is 2.00 bits per heavy atom. The Morgan fingerprint density at radius 3 is 2.72 bits per heavy atom. The first-order valence-corrected chi connectivity index (χ1v) is 11.7. The normalized spacial score (nSPS) is 17.6. The number of rotatable bonds is 9. The van der Waals surface area contributed by atoms with Crippen molar-refractivity contribution in [3.63, 3.8) is 0 Å². The Kier molecular flexibility index (Phi) is 7.38. The lowest BCUT2D eigenvalue weighted by atomic mass is 9.92. The molecule has 2 atom stereocenters. The van der Waals surface area contributed by atoms with E-state index in [1.165, 1.54) is 10.9 Å². The van der Waals surface area contributed by atoms with Gasteiger partial charge in [-0.2, -0.15) is 0 Å². The minimum absolute atomic E-state index is 0.0331. The summed E-state index contributed by atoms with van der Waals surface area (Å²) in [6.45, 7) is 5.06. The van der Waals surface area contributed by atoms with Gasteiger partial charge < -0.3 is 19.4 Å². The second-order valence-electron chi connectivity index (χ2n) is 8.52. The van der Waals surface area contributed by atoms with Gasteiger partial charge >= 0.3 is 0 Å². The van der Waals surface area contributed by atoms with E-state index >= 15 is 0 Å². The number of fused-ring (bicyclic) bond motifs is 3. The Hall–Kier alpha value is -2.09. The summed E-state index contributed by atoms with van der Waals surface area (Å²) in [6.07, 6.45) is 1.41. The van der Waals surface area contributed by atoms with Gasteiger partial charge in [-0.3, -0.25) is 10.6 Å². The molecule has 3 aromatic rings. The quantitative estimate of drug-likeness (QED) is 0.369. The largest absolute Gasteiger partial charge is 0.494 e. The first-order valence-electron chi connectivity index (χ1n) is 11.3. The number of hydrogen-bond acceptors (Lipinski definition) is 5. The summed E-state index contributed by atoms with van der Waals surface area (Å²) >= 11 is 6.30. The highest BCUT2D eigenvalue weighted by Crippen LogP contribution is 2.40. The van der Waals surface area contributed by atoms with Crippen LogP contribution in [0.5, 0.6) is 5.75 Å². The van der Waals surface area contributed by atoms with Crippen LogP contribution >= 0.6 is 11.6 Å². The molecule has 1 aliphatic rings. The number of hydrogen-bond donors (Lipinski definition) is 2. The molecule has 172 valence electrons. The molecular weight excluding hydrogens is 424 g/mol. The topological polar surface area (TPSA) is 66.8 Å². The predicted octanol–water partition coefficient (Wildman–Crippen LogP) is 4.38. The van der Waals surface area contributed by atoms with Gasteiger partial charge in [-0.1, -0.05) is 23.7 Å². The number of H-pyrrole nitrogens is 1. The van der Waals surface area contributed by atoms with Gasteiger partial charge in [0.15, 0.2) is 6.35 Å². The number of nitrogens with zero attached hydrogens (tertiary/aromatic N) is 2. The van der Waals surface area contributed by atoms with Crippen LogP contribution in [0.4, 0.5) is 0 Å². The van der Waals surface area contributed by atoms with Crippen molar-refractivity contribution in [1.29, 1.82) is 0 Å². The molecule has 3 N–H and O–H groups in total. The summed E-state index contributed by atoms with van der Waals surface area (Å²) in [5, 5.41) is 1.93. The Balaban J connectivity index is 1.63. The second kappa shape index (κ2) is 10.2. The number of nitrogens with one attached hydrogen (secondary N) is 1. The molecule has 0 fully saturated rings. The molecule has 2 unspecified atom stereocenters. The minimum Gasteiger partial charge on any atom is -0.494 e. The van der Waals surface area contributed by atoms with Crippen molar-refractivity contribution in [2.24, 2.45) is 5.73 Å². The number of aromatic amines is 1. The lowest BCUT2D eigenvalue weighted by molar-refractivity contribution is -0.0681. The molecule has 1 aliphatic heterocycles. The average Bonchev–Trinajstić information content (AvgIpc) is 3.14. The SMILES string of the molecule is CCOC(N)N1CCc2c([nH]c3ccc(Cl)cc23)C1c1ccc(OCCCN(C)C)cc1. The van der Waals surface area contributed by atoms with E-state index < -0.39 is 6.35 Å². The molecule has 6 nitrogen and oxygen atoms in total. The summed E-state index contributed by atoms with van der Waals surface area (Å²) < 4.78 is 11.7. The first-order chi connectivity index (χ1) is 15.5. The first kappa shape index (κ1) is 23.1. The van der Waals surface area contributed by atoms with Gasteiger partial charge in [0.2, 0.25) is 0 Å². The van der Waals surface area contributed by atoms with Gasteiger partial charge in [-0.15, -0.1) is 0 Å². The van der Waals surface area contributed by atoms with E-state index in [0.29, 0.717) is 13.2 Å². The molecule has 2 heterocycles. The molecule has 32 heavy (non-hydrogen) atoms. The molecule has 1 aromatic heterocycles. The Labute approximate surface area is 195 Å². The molecule has 7 heteroatoms. The van der Waals surface area contributed by atoms with Crippen LogP contribution in [-0.2, 0) is 11.2 Å². The molecule has 0 saturated carbocycles. The highest BCUT2D eigenvalue weighted by atomic mass is 35.5. The highest BCUT2D eigenvalue weighted by molar-refractivity contribution is 6.31. The maximum Gasteiger partial charge on any atom is 0.164 e. The highest BCUT2D eigenvalue weighted by Gasteiger charge is 2.34. The van der Waals surface area contributed by atoms with Crippen molar-refractivity contribution in [3.05, 3.63) is 64.3 Å². The summed E-state index contributed by atoms with van der Waals surface area (Å²) in [7, 11) is 4.15. The number of nitrogens with two attached hydrogens (primary N) is 1. The van der Waals surface area contributed by atoms with Crippen molar-refractivity contribution < 1.29 is 9.47 Å². The van der Waals surface area contributed by atoms with Crippen LogP contribution in [-0.4, -0.2) is 61.5 Å². The van der Waals surface area contributed by atoms with Gasteiger partial charge in [0.1, 0.15) is 5.75 Å². The standard InChI is InChI=1S/C25H33ClN4O2/c1-4-31-25(27)30-14-12-20-21-16-18(26)8-11-22(21)28-23(20)24(30)17-6-9-19(10-7-17)32-15-5-13-29(2)3/h6-11,16,24-25,28H,4-5,12-15,27H2,1-3H3. The van der Waals surface area contributed by atoms with E-state index in [0.717, 1.165) is 53.5 Å². The molecule has 4 rings (SSSR count). The third-order valence-electron chi connectivity index (χ3n) is 6.00. The van der Waals surface area contributed by atoms with Crippen molar-refractivity contribution in [2.75, 3.05) is 40.4 Å². The third kappa shape index (κ3) is 4.95. The fraction of sp³-hybridized carbons (Fsp3) is 0.440. The molecule has 0 bridgehead atoms. The van der Waals surface area contributed by atoms with E-state index in [1.54, 1.807) is 0 Å². The fourth-order valence-electron chi connectivity index (χ4n) is 4.50. The Morgan fingerprint density at radius 1 is 1.22 bits per heavy atom. The van der Waals surface area contributed by atoms with Crippen LogP contribution < -0.4 is 10.5 Å². The molecule has 0 aliphatic carbocycles. The minimum atomic E-state index is -0.477. The van der Waals surface area contributed by atoms with Gasteiger partial charge in [0.25, 0.3) is 0 Å². The van der Waals surface area contributed by atoms with Gasteiger partial charge in [-0.05, 0) is 75.3 Å². The number of halogens is 1. The summed E-state index contributed by atoms with van der Waals surface area (Å²) in [5.41, 5.74) is 11.1. The fourth-order valence-corrected chi connectivity index (χ4v) is 4.67. The second-order valence-corrected chi connectivity index (χ2v) is 8.95. The Bertz CT molecular complexity index is 1030. The average molecular weight is 457 g/mol. The number of benzene rings is 2. The maximum atomic E-state index is 6.44. The van der Waals surface area contributed by atoms with Crippen molar-refractivity contribution in [3.8, 4) is 5.75 Å². The van der Waals surface area contributed by atoms with E-state index in [1.807, 2.05) is 37.3 Å². The summed E-state index contributed by atoms with van der Waals surface area (Å²) in [4.78, 5) is 8.02. The van der Waals surface area contributed by atoms with Crippen molar-refractivity contribution in [2.45, 2.75) is 32.2 Å². The van der Waals surface area contributed by atoms with Gasteiger partial charge in [-0.25, -0.2) is 0 Å². The van der Waals surface area contributed by atoms with Gasteiger partial charge in [0.05, 0.1) is 12.6 Å². The zero-order valence-electron chi connectivity index (χ0n) is 19.1. The zero-order chi connectivity index (χ0) is 22.7. The smallest absolute Gasteiger partial charge is 0.164 e. The summed E-state index contributed by atoms with van der Waals surface area (Å²) in [5.74, 6) is 0.882. The van der Waals surface area contributed by atoms with Crippen molar-refractivity contribution >= 4 is 22.5 Å². The van der Waals surface area contributed by atoms with Crippen LogP contribution in [0, 0.1) is 0 Å². The monoisotopic (exact) mass is 456 g/mol. The van der Waals surface area contributed by atoms with E-state index in [4.69, 9.17) is 26.8 Å². The lowest BCUT2D eigenvalue weighted by Crippen LogP contribution is -2.49. The molecular formula is C25H33ClN4O2. The number of aromatic nitrogens is 1. The van der Waals surface area contributed by atoms with Crippen LogP contribution in [0.2, 0.25) is 5.02 Å². The maximum absolute atomic E-state index is 6.44. The van der Waals surface area contributed by atoms with Crippen LogP contribution in [0.1, 0.15) is 36.2 Å². The van der Waals surface area contributed by atoms with Crippen LogP contribution in [0.15, 0.2) is 42.5 Å². The van der Waals surface area contributed by atoms with E-state index in [-0.39, 0.29) is 6.04 Å². The van der Waals surface area contributed by atoms with Crippen LogP contribution in [0.25, 0.3) is 10.9 Å². The van der Waals surface area contributed by atoms with E-state index in [2.05, 4.69) is 41.0 Å². The van der Waals surface area contributed by atoms with E-state index in [9.17, 15) is 0 Å². The third-order valence-corrected chi connectivity index (χ3v) is 6.24. The molecule has 0 saturated heterocycles. The van der Waals surface area contributed by atoms with Crippen LogP contribution in [0.3, 0.4) is 0 Å². The molecule has 2 aromatic carbocycles. The molecule has 0 spiro atoms. The van der Waals surface area contributed by atoms with Crippen molar-refractivity contribution in [1.82, 2.24) is 14.8 Å². The van der Waals surface area contributed by atoms with Gasteiger partial charge in [0, 0.05) is 41.3 Å².